The fourth-order valence-corrected chi connectivity index (χ4v) is 3.05. The molecular weight excluding hydrogens is 326 g/mol. The molecule has 0 saturated carbocycles. The smallest absolute Gasteiger partial charge is 0.241 e. The van der Waals surface area contributed by atoms with E-state index in [1.54, 1.807) is 0 Å². The molecule has 6 nitrogen and oxygen atoms in total. The van der Waals surface area contributed by atoms with E-state index in [0.29, 0.717) is 12.5 Å². The summed E-state index contributed by atoms with van der Waals surface area (Å²) in [7, 11) is 0. The van der Waals surface area contributed by atoms with E-state index in [1.807, 2.05) is 13.8 Å². The van der Waals surface area contributed by atoms with Gasteiger partial charge in [0.05, 0.1) is 6.04 Å². The molecule has 2 rings (SSSR count). The van der Waals surface area contributed by atoms with Gasteiger partial charge >= 0.3 is 0 Å². The van der Waals surface area contributed by atoms with Crippen LogP contribution in [0, 0.1) is 0 Å². The first-order valence-electron chi connectivity index (χ1n) is 9.80. The van der Waals surface area contributed by atoms with Crippen LogP contribution in [0.25, 0.3) is 0 Å². The Hall–Kier alpha value is -2.24. The summed E-state index contributed by atoms with van der Waals surface area (Å²) in [6.45, 7) is 10.0. The van der Waals surface area contributed by atoms with Gasteiger partial charge in [-0.3, -0.25) is 4.79 Å². The molecule has 3 N–H and O–H groups in total. The molecule has 1 aliphatic heterocycles. The maximum absolute atomic E-state index is 11.8. The summed E-state index contributed by atoms with van der Waals surface area (Å²) in [6, 6.07) is 8.78. The molecular formula is C20H33N5O. The number of carbonyl (C=O) groups is 1. The number of nitrogens with zero attached hydrogens (tertiary/aromatic N) is 2. The van der Waals surface area contributed by atoms with Crippen molar-refractivity contribution in [2.24, 2.45) is 4.99 Å². The first-order valence-corrected chi connectivity index (χ1v) is 9.80. The topological polar surface area (TPSA) is 68.8 Å². The minimum absolute atomic E-state index is 0.0484. The Balaban J connectivity index is 1.98. The zero-order chi connectivity index (χ0) is 18.8. The van der Waals surface area contributed by atoms with Crippen LogP contribution >= 0.6 is 0 Å². The van der Waals surface area contributed by atoms with Crippen LogP contribution in [0.5, 0.6) is 0 Å². The van der Waals surface area contributed by atoms with Gasteiger partial charge in [-0.1, -0.05) is 19.1 Å². The van der Waals surface area contributed by atoms with Crippen molar-refractivity contribution < 1.29 is 4.79 Å². The standard InChI is InChI=1S/C20H33N5O/c1-4-11-22-19(26)15-23-20(21-5-2)24-16(3)17-9-8-10-18(14-17)25-12-6-7-13-25/h8-10,14,16H,4-7,11-13,15H2,1-3H3,(H,22,26)(H2,21,23,24). The Bertz CT molecular complexity index is 596. The Morgan fingerprint density at radius 3 is 2.69 bits per heavy atom. The maximum atomic E-state index is 11.8. The number of rotatable bonds is 8. The van der Waals surface area contributed by atoms with Crippen LogP contribution in [0.15, 0.2) is 29.3 Å². The Morgan fingerprint density at radius 2 is 2.00 bits per heavy atom. The number of aliphatic imine (C=N–C) groups is 1. The van der Waals surface area contributed by atoms with Gasteiger partial charge in [-0.25, -0.2) is 4.99 Å². The largest absolute Gasteiger partial charge is 0.372 e. The lowest BCUT2D eigenvalue weighted by atomic mass is 10.1. The third-order valence-corrected chi connectivity index (χ3v) is 4.49. The predicted molar refractivity (Wildman–Crippen MR) is 109 cm³/mol. The van der Waals surface area contributed by atoms with E-state index in [0.717, 1.165) is 26.1 Å². The van der Waals surface area contributed by atoms with Gasteiger partial charge in [0, 0.05) is 31.9 Å². The first kappa shape index (κ1) is 20.1. The lowest BCUT2D eigenvalue weighted by Crippen LogP contribution is -2.39. The van der Waals surface area contributed by atoms with Gasteiger partial charge in [-0.05, 0) is 50.8 Å². The number of benzene rings is 1. The third-order valence-electron chi connectivity index (χ3n) is 4.49. The molecule has 6 heteroatoms. The zero-order valence-corrected chi connectivity index (χ0v) is 16.3. The number of hydrogen-bond donors (Lipinski definition) is 3. The van der Waals surface area contributed by atoms with Gasteiger partial charge in [0.1, 0.15) is 6.54 Å². The van der Waals surface area contributed by atoms with Crippen molar-refractivity contribution >= 4 is 17.6 Å². The highest BCUT2D eigenvalue weighted by molar-refractivity contribution is 5.85. The van der Waals surface area contributed by atoms with Gasteiger partial charge in [-0.15, -0.1) is 0 Å². The number of hydrogen-bond acceptors (Lipinski definition) is 3. The third kappa shape index (κ3) is 6.24. The first-order chi connectivity index (χ1) is 12.6. The normalized spacial score (nSPS) is 15.7. The average Bonchev–Trinajstić information content (AvgIpc) is 3.19. The minimum Gasteiger partial charge on any atom is -0.372 e. The van der Waals surface area contributed by atoms with Crippen LogP contribution in [0.1, 0.15) is 51.6 Å². The predicted octanol–water partition coefficient (Wildman–Crippen LogP) is 2.43. The minimum atomic E-state index is -0.0484. The molecule has 1 atom stereocenters. The molecule has 0 radical (unpaired) electrons. The Morgan fingerprint density at radius 1 is 1.23 bits per heavy atom. The van der Waals surface area contributed by atoms with Gasteiger partial charge in [0.25, 0.3) is 0 Å². The summed E-state index contributed by atoms with van der Waals surface area (Å²) in [5.74, 6) is 0.617. The quantitative estimate of drug-likeness (QED) is 0.493. The molecule has 1 aromatic carbocycles. The summed E-state index contributed by atoms with van der Waals surface area (Å²) in [5.41, 5.74) is 2.50. The van der Waals surface area contributed by atoms with Crippen molar-refractivity contribution in [2.75, 3.05) is 37.6 Å². The van der Waals surface area contributed by atoms with Crippen LogP contribution in [0.4, 0.5) is 5.69 Å². The molecule has 1 heterocycles. The highest BCUT2D eigenvalue weighted by atomic mass is 16.1. The Labute approximate surface area is 157 Å². The van der Waals surface area contributed by atoms with Crippen molar-refractivity contribution in [2.45, 2.75) is 46.1 Å². The zero-order valence-electron chi connectivity index (χ0n) is 16.3. The summed E-state index contributed by atoms with van der Waals surface area (Å²) >= 11 is 0. The van der Waals surface area contributed by atoms with Gasteiger partial charge < -0.3 is 20.9 Å². The SMILES string of the molecule is CCCNC(=O)CN=C(NCC)NC(C)c1cccc(N2CCCC2)c1. The molecule has 1 aliphatic rings. The van der Waals surface area contributed by atoms with Crippen molar-refractivity contribution in [3.05, 3.63) is 29.8 Å². The van der Waals surface area contributed by atoms with E-state index in [2.05, 4.69) is 57.0 Å². The molecule has 1 fully saturated rings. The van der Waals surface area contributed by atoms with Crippen molar-refractivity contribution in [1.29, 1.82) is 0 Å². The molecule has 0 bridgehead atoms. The highest BCUT2D eigenvalue weighted by Crippen LogP contribution is 2.23. The van der Waals surface area contributed by atoms with Crippen molar-refractivity contribution in [1.82, 2.24) is 16.0 Å². The average molecular weight is 360 g/mol. The van der Waals surface area contributed by atoms with Crippen LogP contribution in [-0.4, -0.2) is 44.6 Å². The number of carbonyl (C=O) groups excluding carboxylic acids is 1. The van der Waals surface area contributed by atoms with Crippen LogP contribution < -0.4 is 20.9 Å². The molecule has 0 spiro atoms. The summed E-state index contributed by atoms with van der Waals surface area (Å²) in [6.07, 6.45) is 3.48. The maximum Gasteiger partial charge on any atom is 0.241 e. The van der Waals surface area contributed by atoms with Gasteiger partial charge in [0.2, 0.25) is 5.91 Å². The van der Waals surface area contributed by atoms with E-state index in [1.165, 1.54) is 24.1 Å². The number of amides is 1. The monoisotopic (exact) mass is 359 g/mol. The van der Waals surface area contributed by atoms with Crippen LogP contribution in [0.2, 0.25) is 0 Å². The molecule has 1 aromatic rings. The fourth-order valence-electron chi connectivity index (χ4n) is 3.05. The van der Waals surface area contributed by atoms with E-state index in [-0.39, 0.29) is 18.5 Å². The van der Waals surface area contributed by atoms with E-state index >= 15 is 0 Å². The molecule has 0 aliphatic carbocycles. The summed E-state index contributed by atoms with van der Waals surface area (Å²) in [4.78, 5) is 18.6. The molecule has 1 amide bonds. The van der Waals surface area contributed by atoms with Crippen LogP contribution in [-0.2, 0) is 4.79 Å². The summed E-state index contributed by atoms with van der Waals surface area (Å²) in [5, 5.41) is 9.46. The van der Waals surface area contributed by atoms with Crippen molar-refractivity contribution in [3.63, 3.8) is 0 Å². The molecule has 1 saturated heterocycles. The van der Waals surface area contributed by atoms with E-state index in [9.17, 15) is 4.79 Å². The highest BCUT2D eigenvalue weighted by Gasteiger charge is 2.14. The number of nitrogens with one attached hydrogen (secondary N) is 3. The van der Waals surface area contributed by atoms with E-state index in [4.69, 9.17) is 0 Å². The lowest BCUT2D eigenvalue weighted by molar-refractivity contribution is -0.119. The molecule has 1 unspecified atom stereocenters. The van der Waals surface area contributed by atoms with Gasteiger partial charge in [0.15, 0.2) is 5.96 Å². The van der Waals surface area contributed by atoms with Crippen LogP contribution in [0.3, 0.4) is 0 Å². The Kier molecular flexibility index (Phi) is 8.25. The molecule has 26 heavy (non-hydrogen) atoms. The fraction of sp³-hybridized carbons (Fsp3) is 0.600. The summed E-state index contributed by atoms with van der Waals surface area (Å²) < 4.78 is 0. The van der Waals surface area contributed by atoms with E-state index < -0.39 is 0 Å². The number of anilines is 1. The second-order valence-electron chi connectivity index (χ2n) is 6.70. The molecule has 144 valence electrons. The van der Waals surface area contributed by atoms with Crippen molar-refractivity contribution in [3.8, 4) is 0 Å². The number of guanidine groups is 1. The van der Waals surface area contributed by atoms with Gasteiger partial charge in [-0.2, -0.15) is 0 Å². The second-order valence-corrected chi connectivity index (χ2v) is 6.70. The molecule has 0 aromatic heterocycles. The lowest BCUT2D eigenvalue weighted by Gasteiger charge is -2.22. The second kappa shape index (κ2) is 10.7.